The Kier molecular flexibility index (Phi) is 6.05. The molecule has 0 atom stereocenters. The third-order valence-electron chi connectivity index (χ3n) is 5.03. The number of anilines is 2. The molecule has 1 aromatic heterocycles. The van der Waals surface area contributed by atoms with Gasteiger partial charge in [0.2, 0.25) is 0 Å². The highest BCUT2D eigenvalue weighted by Crippen LogP contribution is 2.22. The van der Waals surface area contributed by atoms with Crippen molar-refractivity contribution in [1.82, 2.24) is 4.98 Å². The highest BCUT2D eigenvalue weighted by atomic mass is 16.5. The number of hydrogen-bond donors (Lipinski definition) is 1. The maximum atomic E-state index is 12.3. The topological polar surface area (TPSA) is 54.5 Å². The van der Waals surface area contributed by atoms with Crippen LogP contribution in [0.4, 0.5) is 11.5 Å². The number of rotatable bonds is 7. The van der Waals surface area contributed by atoms with Crippen molar-refractivity contribution in [2.24, 2.45) is 0 Å². The van der Waals surface area contributed by atoms with Crippen LogP contribution in [-0.2, 0) is 11.2 Å². The fraction of sp³-hybridized carbons (Fsp3) is 0.250. The monoisotopic (exact) mass is 387 g/mol. The lowest BCUT2D eigenvalue weighted by atomic mass is 10.0. The standard InChI is InChI=1S/C24H25N3O2/c28-24(26-21-12-13-23(25-17-21)27-14-6-7-15-27)18-29-22-11-5-4-10-20(22)16-19-8-2-1-3-9-19/h1-5,8-13,17H,6-7,14-16,18H2,(H,26,28). The fourth-order valence-electron chi connectivity index (χ4n) is 3.54. The van der Waals surface area contributed by atoms with Gasteiger partial charge >= 0.3 is 0 Å². The smallest absolute Gasteiger partial charge is 0.262 e. The molecule has 0 aliphatic carbocycles. The van der Waals surface area contributed by atoms with Gasteiger partial charge in [-0.25, -0.2) is 4.98 Å². The summed E-state index contributed by atoms with van der Waals surface area (Å²) < 4.78 is 5.81. The molecule has 0 bridgehead atoms. The summed E-state index contributed by atoms with van der Waals surface area (Å²) in [5.41, 5.74) is 2.94. The Morgan fingerprint density at radius 1 is 0.966 bits per heavy atom. The lowest BCUT2D eigenvalue weighted by Crippen LogP contribution is -2.21. The largest absolute Gasteiger partial charge is 0.483 e. The summed E-state index contributed by atoms with van der Waals surface area (Å²) in [6, 6.07) is 21.9. The quantitative estimate of drug-likeness (QED) is 0.657. The lowest BCUT2D eigenvalue weighted by molar-refractivity contribution is -0.118. The van der Waals surface area contributed by atoms with Gasteiger partial charge in [-0.15, -0.1) is 0 Å². The second-order valence-electron chi connectivity index (χ2n) is 7.21. The van der Waals surface area contributed by atoms with Crippen molar-refractivity contribution in [3.63, 3.8) is 0 Å². The normalized spacial score (nSPS) is 13.3. The van der Waals surface area contributed by atoms with Crippen molar-refractivity contribution >= 4 is 17.4 Å². The van der Waals surface area contributed by atoms with Crippen LogP contribution >= 0.6 is 0 Å². The molecule has 2 heterocycles. The molecule has 1 aliphatic heterocycles. The molecule has 1 aliphatic rings. The van der Waals surface area contributed by atoms with Crippen LogP contribution in [0.3, 0.4) is 0 Å². The van der Waals surface area contributed by atoms with Crippen LogP contribution in [0.1, 0.15) is 24.0 Å². The first-order valence-electron chi connectivity index (χ1n) is 10.0. The molecule has 0 radical (unpaired) electrons. The van der Waals surface area contributed by atoms with Gasteiger partial charge < -0.3 is 15.0 Å². The third kappa shape index (κ3) is 5.13. The molecule has 1 N–H and O–H groups in total. The molecular weight excluding hydrogens is 362 g/mol. The summed E-state index contributed by atoms with van der Waals surface area (Å²) in [6.45, 7) is 2.06. The van der Waals surface area contributed by atoms with E-state index in [1.807, 2.05) is 54.6 Å². The summed E-state index contributed by atoms with van der Waals surface area (Å²) in [5.74, 6) is 1.50. The highest BCUT2D eigenvalue weighted by Gasteiger charge is 2.13. The van der Waals surface area contributed by atoms with E-state index in [2.05, 4.69) is 27.3 Å². The number of nitrogens with zero attached hydrogens (tertiary/aromatic N) is 2. The predicted molar refractivity (Wildman–Crippen MR) is 115 cm³/mol. The summed E-state index contributed by atoms with van der Waals surface area (Å²) in [4.78, 5) is 19.0. The number of aromatic nitrogens is 1. The Balaban J connectivity index is 1.33. The highest BCUT2D eigenvalue weighted by molar-refractivity contribution is 5.91. The molecule has 3 aromatic rings. The van der Waals surface area contributed by atoms with Crippen molar-refractivity contribution in [3.8, 4) is 5.75 Å². The Morgan fingerprint density at radius 2 is 1.72 bits per heavy atom. The molecule has 1 saturated heterocycles. The van der Waals surface area contributed by atoms with Crippen LogP contribution in [0.15, 0.2) is 72.9 Å². The Bertz CT molecular complexity index is 936. The van der Waals surface area contributed by atoms with Gasteiger partial charge in [0, 0.05) is 19.5 Å². The maximum absolute atomic E-state index is 12.3. The molecule has 4 rings (SSSR count). The van der Waals surface area contributed by atoms with Crippen LogP contribution in [0.25, 0.3) is 0 Å². The molecule has 0 spiro atoms. The molecule has 5 nitrogen and oxygen atoms in total. The lowest BCUT2D eigenvalue weighted by Gasteiger charge is -2.16. The second kappa shape index (κ2) is 9.24. The number of carbonyl (C=O) groups excluding carboxylic acids is 1. The van der Waals surface area contributed by atoms with E-state index in [0.29, 0.717) is 5.69 Å². The number of ether oxygens (including phenoxy) is 1. The van der Waals surface area contributed by atoms with Gasteiger partial charge in [0.15, 0.2) is 6.61 Å². The number of pyridine rings is 1. The number of amides is 1. The second-order valence-corrected chi connectivity index (χ2v) is 7.21. The first kappa shape index (κ1) is 19.0. The number of benzene rings is 2. The van der Waals surface area contributed by atoms with E-state index >= 15 is 0 Å². The molecule has 29 heavy (non-hydrogen) atoms. The van der Waals surface area contributed by atoms with Gasteiger partial charge in [0.05, 0.1) is 11.9 Å². The van der Waals surface area contributed by atoms with Gasteiger partial charge in [-0.2, -0.15) is 0 Å². The van der Waals surface area contributed by atoms with Crippen LogP contribution in [0, 0.1) is 0 Å². The average Bonchev–Trinajstić information content (AvgIpc) is 3.29. The van der Waals surface area contributed by atoms with Gasteiger partial charge in [0.25, 0.3) is 5.91 Å². The van der Waals surface area contributed by atoms with E-state index in [1.54, 1.807) is 6.20 Å². The van der Waals surface area contributed by atoms with Crippen LogP contribution in [0.5, 0.6) is 5.75 Å². The van der Waals surface area contributed by atoms with Crippen molar-refractivity contribution in [1.29, 1.82) is 0 Å². The van der Waals surface area contributed by atoms with Crippen LogP contribution in [-0.4, -0.2) is 30.6 Å². The van der Waals surface area contributed by atoms with Gasteiger partial charge in [-0.1, -0.05) is 48.5 Å². The average molecular weight is 387 g/mol. The maximum Gasteiger partial charge on any atom is 0.262 e. The summed E-state index contributed by atoms with van der Waals surface area (Å²) >= 11 is 0. The summed E-state index contributed by atoms with van der Waals surface area (Å²) in [5, 5.41) is 2.85. The molecule has 1 amide bonds. The molecule has 0 unspecified atom stereocenters. The van der Waals surface area contributed by atoms with Crippen LogP contribution in [0.2, 0.25) is 0 Å². The van der Waals surface area contributed by atoms with Crippen molar-refractivity contribution in [3.05, 3.63) is 84.1 Å². The van der Waals surface area contributed by atoms with E-state index in [1.165, 1.54) is 18.4 Å². The Morgan fingerprint density at radius 3 is 2.48 bits per heavy atom. The SMILES string of the molecule is O=C(COc1ccccc1Cc1ccccc1)Nc1ccc(N2CCCC2)nc1. The van der Waals surface area contributed by atoms with E-state index in [9.17, 15) is 4.79 Å². The number of carbonyl (C=O) groups is 1. The minimum atomic E-state index is -0.199. The molecule has 0 saturated carbocycles. The zero-order chi connectivity index (χ0) is 19.9. The van der Waals surface area contributed by atoms with E-state index in [0.717, 1.165) is 36.6 Å². The van der Waals surface area contributed by atoms with Crippen molar-refractivity contribution in [2.45, 2.75) is 19.3 Å². The first-order valence-corrected chi connectivity index (χ1v) is 10.0. The number of nitrogens with one attached hydrogen (secondary N) is 1. The molecule has 2 aromatic carbocycles. The molecule has 1 fully saturated rings. The molecule has 148 valence electrons. The third-order valence-corrected chi connectivity index (χ3v) is 5.03. The Hall–Kier alpha value is -3.34. The van der Waals surface area contributed by atoms with E-state index < -0.39 is 0 Å². The number of hydrogen-bond acceptors (Lipinski definition) is 4. The minimum Gasteiger partial charge on any atom is -0.483 e. The zero-order valence-corrected chi connectivity index (χ0v) is 16.4. The van der Waals surface area contributed by atoms with Gasteiger partial charge in [-0.05, 0) is 42.2 Å². The predicted octanol–water partition coefficient (Wildman–Crippen LogP) is 4.29. The van der Waals surface area contributed by atoms with Gasteiger partial charge in [-0.3, -0.25) is 4.79 Å². The van der Waals surface area contributed by atoms with Gasteiger partial charge in [0.1, 0.15) is 11.6 Å². The first-order chi connectivity index (χ1) is 14.3. The van der Waals surface area contributed by atoms with E-state index in [-0.39, 0.29) is 12.5 Å². The summed E-state index contributed by atoms with van der Waals surface area (Å²) in [6.07, 6.45) is 4.89. The Labute approximate surface area is 171 Å². The fourth-order valence-corrected chi connectivity index (χ4v) is 3.54. The van der Waals surface area contributed by atoms with E-state index in [4.69, 9.17) is 4.74 Å². The molecule has 5 heteroatoms. The minimum absolute atomic E-state index is 0.0420. The molecular formula is C24H25N3O2. The van der Waals surface area contributed by atoms with Crippen molar-refractivity contribution in [2.75, 3.05) is 29.9 Å². The van der Waals surface area contributed by atoms with Crippen molar-refractivity contribution < 1.29 is 9.53 Å². The number of para-hydroxylation sites is 1. The van der Waals surface area contributed by atoms with Crippen LogP contribution < -0.4 is 15.0 Å². The summed E-state index contributed by atoms with van der Waals surface area (Å²) in [7, 11) is 0. The zero-order valence-electron chi connectivity index (χ0n) is 16.4.